The van der Waals surface area contributed by atoms with Gasteiger partial charge in [-0.25, -0.2) is 9.97 Å². The summed E-state index contributed by atoms with van der Waals surface area (Å²) >= 11 is 0. The molecular weight excluding hydrogens is 332 g/mol. The van der Waals surface area contributed by atoms with E-state index in [9.17, 15) is 9.59 Å². The number of aryl methyl sites for hydroxylation is 1. The molecule has 0 saturated carbocycles. The van der Waals surface area contributed by atoms with Gasteiger partial charge in [0.2, 0.25) is 0 Å². The molecule has 3 aromatic rings. The number of benzene rings is 1. The number of hydrogen-bond donors (Lipinski definition) is 1. The molecule has 2 heterocycles. The Bertz CT molecular complexity index is 1110. The van der Waals surface area contributed by atoms with Gasteiger partial charge in [-0.2, -0.15) is 5.10 Å². The number of Topliss-reactive ketones (excluding diaryl/α,β-unsaturated/α-hetero) is 1. The van der Waals surface area contributed by atoms with Crippen molar-refractivity contribution in [2.24, 2.45) is 0 Å². The van der Waals surface area contributed by atoms with E-state index in [0.29, 0.717) is 23.1 Å². The van der Waals surface area contributed by atoms with Gasteiger partial charge in [0.25, 0.3) is 0 Å². The summed E-state index contributed by atoms with van der Waals surface area (Å²) in [5.41, 5.74) is 4.57. The van der Waals surface area contributed by atoms with E-state index >= 15 is 0 Å². The highest BCUT2D eigenvalue weighted by Gasteiger charge is 2.20. The summed E-state index contributed by atoms with van der Waals surface area (Å²) in [6, 6.07) is 3.76. The summed E-state index contributed by atoms with van der Waals surface area (Å²) in [6.07, 6.45) is 6.49. The Morgan fingerprint density at radius 1 is 1.27 bits per heavy atom. The molecule has 0 saturated heterocycles. The summed E-state index contributed by atoms with van der Waals surface area (Å²) < 4.78 is 1.36. The third-order valence-electron chi connectivity index (χ3n) is 4.43. The Kier molecular flexibility index (Phi) is 3.64. The van der Waals surface area contributed by atoms with Gasteiger partial charge in [0.15, 0.2) is 5.78 Å². The maximum Gasteiger partial charge on any atom is 0.325 e. The maximum atomic E-state index is 12.0. The fourth-order valence-corrected chi connectivity index (χ4v) is 3.31. The normalized spacial score (nSPS) is 12.5. The Balaban J connectivity index is 2.03. The van der Waals surface area contributed by atoms with E-state index in [2.05, 4.69) is 15.1 Å². The van der Waals surface area contributed by atoms with Crippen molar-refractivity contribution in [3.05, 3.63) is 47.2 Å². The van der Waals surface area contributed by atoms with E-state index in [1.165, 1.54) is 11.6 Å². The molecule has 0 atom stereocenters. The molecule has 0 amide bonds. The molecule has 130 valence electrons. The van der Waals surface area contributed by atoms with Crippen LogP contribution in [0.15, 0.2) is 24.4 Å². The maximum absolute atomic E-state index is 12.0. The van der Waals surface area contributed by atoms with Crippen LogP contribution in [0.25, 0.3) is 28.1 Å². The smallest absolute Gasteiger partial charge is 0.325 e. The molecule has 1 aromatic carbocycles. The number of carboxylic acids is 1. The zero-order chi connectivity index (χ0) is 18.4. The first kappa shape index (κ1) is 16.1. The molecule has 1 aliphatic carbocycles. The number of aromatic nitrogens is 4. The number of nitrogens with zero attached hydrogens (tertiary/aromatic N) is 4. The first-order valence-electron chi connectivity index (χ1n) is 8.21. The molecule has 1 aliphatic rings. The fraction of sp³-hybridized carbons (Fsp3) is 0.211. The van der Waals surface area contributed by atoms with E-state index in [-0.39, 0.29) is 18.0 Å². The van der Waals surface area contributed by atoms with Crippen LogP contribution in [0.5, 0.6) is 0 Å². The number of aliphatic carboxylic acids is 1. The lowest BCUT2D eigenvalue weighted by Gasteiger charge is -2.10. The molecular formula is C19H16N4O3. The predicted octanol–water partition coefficient (Wildman–Crippen LogP) is 2.66. The van der Waals surface area contributed by atoms with E-state index in [1.54, 1.807) is 6.20 Å². The van der Waals surface area contributed by atoms with Crippen LogP contribution in [-0.4, -0.2) is 36.6 Å². The van der Waals surface area contributed by atoms with Gasteiger partial charge in [-0.15, -0.1) is 0 Å². The van der Waals surface area contributed by atoms with Gasteiger partial charge < -0.3 is 5.11 Å². The lowest BCUT2D eigenvalue weighted by Crippen LogP contribution is -2.10. The molecule has 4 rings (SSSR count). The molecule has 2 aromatic heterocycles. The van der Waals surface area contributed by atoms with Crippen LogP contribution in [0.3, 0.4) is 0 Å². The van der Waals surface area contributed by atoms with Crippen LogP contribution in [0.2, 0.25) is 0 Å². The third-order valence-corrected chi connectivity index (χ3v) is 4.43. The molecule has 0 unspecified atom stereocenters. The summed E-state index contributed by atoms with van der Waals surface area (Å²) in [5.74, 6) is -0.506. The minimum Gasteiger partial charge on any atom is -0.480 e. The molecule has 26 heavy (non-hydrogen) atoms. The minimum atomic E-state index is -1.01. The first-order chi connectivity index (χ1) is 12.4. The summed E-state index contributed by atoms with van der Waals surface area (Å²) in [5, 5.41) is 14.0. The van der Waals surface area contributed by atoms with Crippen molar-refractivity contribution >= 4 is 28.7 Å². The first-order valence-corrected chi connectivity index (χ1v) is 8.21. The summed E-state index contributed by atoms with van der Waals surface area (Å²) in [6.45, 7) is 2.98. The van der Waals surface area contributed by atoms with Gasteiger partial charge >= 0.3 is 5.97 Å². The van der Waals surface area contributed by atoms with Crippen LogP contribution in [-0.2, 0) is 17.8 Å². The van der Waals surface area contributed by atoms with E-state index in [1.807, 2.05) is 31.2 Å². The quantitative estimate of drug-likeness (QED) is 0.731. The Morgan fingerprint density at radius 2 is 2.08 bits per heavy atom. The average Bonchev–Trinajstić information content (AvgIpc) is 2.81. The lowest BCUT2D eigenvalue weighted by molar-refractivity contribution is -0.137. The minimum absolute atomic E-state index is 0.205. The lowest BCUT2D eigenvalue weighted by atomic mass is 9.97. The SMILES string of the molecule is CC(=O)c1nn(CC(=O)O)c2cc3c(cc12)-c1cnc(C)nc1CC=C3. The molecule has 0 spiro atoms. The standard InChI is InChI=1S/C19H16N4O3/c1-10(24)19-14-7-13-12(6-17(14)23(22-19)9-18(25)26)4-3-5-16-15(13)8-20-11(2)21-16/h3-4,6-8H,5,9H2,1-2H3,(H,25,26). The van der Waals surface area contributed by atoms with Crippen molar-refractivity contribution in [1.82, 2.24) is 19.7 Å². The number of carboxylic acid groups (broad SMARTS) is 1. The summed E-state index contributed by atoms with van der Waals surface area (Å²) in [7, 11) is 0. The number of hydrogen-bond acceptors (Lipinski definition) is 5. The van der Waals surface area contributed by atoms with Gasteiger partial charge in [0.05, 0.1) is 11.2 Å². The highest BCUT2D eigenvalue weighted by atomic mass is 16.4. The zero-order valence-corrected chi connectivity index (χ0v) is 14.4. The molecule has 0 aliphatic heterocycles. The number of rotatable bonds is 3. The van der Waals surface area contributed by atoms with E-state index in [0.717, 1.165) is 22.4 Å². The highest BCUT2D eigenvalue weighted by Crippen LogP contribution is 2.34. The molecule has 7 nitrogen and oxygen atoms in total. The topological polar surface area (TPSA) is 98.0 Å². The fourth-order valence-electron chi connectivity index (χ4n) is 3.31. The third kappa shape index (κ3) is 2.57. The van der Waals surface area contributed by atoms with Crippen molar-refractivity contribution in [3.63, 3.8) is 0 Å². The Labute approximate surface area is 149 Å². The Hall–Kier alpha value is -3.35. The molecule has 0 bridgehead atoms. The van der Waals surface area contributed by atoms with Crippen molar-refractivity contribution in [2.45, 2.75) is 26.8 Å². The number of ketones is 1. The van der Waals surface area contributed by atoms with Crippen molar-refractivity contribution in [2.75, 3.05) is 0 Å². The Morgan fingerprint density at radius 3 is 2.81 bits per heavy atom. The number of allylic oxidation sites excluding steroid dienone is 1. The van der Waals surface area contributed by atoms with Gasteiger partial charge in [-0.05, 0) is 30.2 Å². The number of carbonyl (C=O) groups is 2. The van der Waals surface area contributed by atoms with Crippen molar-refractivity contribution in [1.29, 1.82) is 0 Å². The van der Waals surface area contributed by atoms with Gasteiger partial charge in [0, 0.05) is 30.5 Å². The second kappa shape index (κ2) is 5.87. The second-order valence-corrected chi connectivity index (χ2v) is 6.30. The molecule has 0 fully saturated rings. The zero-order valence-electron chi connectivity index (χ0n) is 14.4. The summed E-state index contributed by atoms with van der Waals surface area (Å²) in [4.78, 5) is 32.0. The van der Waals surface area contributed by atoms with Crippen molar-refractivity contribution < 1.29 is 14.7 Å². The monoisotopic (exact) mass is 348 g/mol. The van der Waals surface area contributed by atoms with Crippen LogP contribution < -0.4 is 0 Å². The largest absolute Gasteiger partial charge is 0.480 e. The van der Waals surface area contributed by atoms with Gasteiger partial charge in [0.1, 0.15) is 18.1 Å². The van der Waals surface area contributed by atoms with Crippen LogP contribution in [0.1, 0.15) is 34.5 Å². The van der Waals surface area contributed by atoms with E-state index < -0.39 is 5.97 Å². The second-order valence-electron chi connectivity index (χ2n) is 6.30. The molecule has 0 radical (unpaired) electrons. The van der Waals surface area contributed by atoms with Gasteiger partial charge in [-0.1, -0.05) is 12.2 Å². The average molecular weight is 348 g/mol. The number of carbonyl (C=O) groups excluding carboxylic acids is 1. The van der Waals surface area contributed by atoms with Crippen LogP contribution in [0.4, 0.5) is 0 Å². The van der Waals surface area contributed by atoms with Crippen LogP contribution >= 0.6 is 0 Å². The van der Waals surface area contributed by atoms with Gasteiger partial charge in [-0.3, -0.25) is 14.3 Å². The highest BCUT2D eigenvalue weighted by molar-refractivity contribution is 6.07. The predicted molar refractivity (Wildman–Crippen MR) is 95.9 cm³/mol. The molecule has 1 N–H and O–H groups in total. The van der Waals surface area contributed by atoms with E-state index in [4.69, 9.17) is 5.11 Å². The van der Waals surface area contributed by atoms with Crippen molar-refractivity contribution in [3.8, 4) is 11.1 Å². The number of fused-ring (bicyclic) bond motifs is 4. The molecule has 7 heteroatoms. The van der Waals surface area contributed by atoms with Crippen LogP contribution in [0, 0.1) is 6.92 Å².